The van der Waals surface area contributed by atoms with Crippen molar-refractivity contribution < 1.29 is 4.74 Å². The number of guanidine groups is 1. The van der Waals surface area contributed by atoms with Gasteiger partial charge < -0.3 is 15.4 Å². The maximum atomic E-state index is 5.29. The van der Waals surface area contributed by atoms with E-state index in [1.54, 1.807) is 19.6 Å². The van der Waals surface area contributed by atoms with E-state index in [-0.39, 0.29) is 0 Å². The second-order valence-electron chi connectivity index (χ2n) is 7.14. The fourth-order valence-corrected chi connectivity index (χ4v) is 3.39. The number of aliphatic imine (C=N–C) groups is 1. The first kappa shape index (κ1) is 19.4. The molecule has 2 aromatic heterocycles. The maximum absolute atomic E-state index is 5.29. The van der Waals surface area contributed by atoms with Crippen molar-refractivity contribution in [1.29, 1.82) is 0 Å². The second-order valence-corrected chi connectivity index (χ2v) is 7.14. The first-order valence-corrected chi connectivity index (χ1v) is 9.69. The average molecular weight is 371 g/mol. The summed E-state index contributed by atoms with van der Waals surface area (Å²) in [7, 11) is 1.78. The summed E-state index contributed by atoms with van der Waals surface area (Å²) in [4.78, 5) is 13.2. The molecule has 0 aromatic carbocycles. The highest BCUT2D eigenvalue weighted by Gasteiger charge is 2.36. The van der Waals surface area contributed by atoms with Gasteiger partial charge in [0.25, 0.3) is 0 Å². The first-order valence-electron chi connectivity index (χ1n) is 9.69. The summed E-state index contributed by atoms with van der Waals surface area (Å²) in [6.07, 6.45) is 12.1. The maximum Gasteiger partial charge on any atom is 0.191 e. The second kappa shape index (κ2) is 9.50. The number of rotatable bonds is 9. The minimum Gasteiger partial charge on any atom is -0.385 e. The van der Waals surface area contributed by atoms with Crippen molar-refractivity contribution in [2.24, 2.45) is 10.4 Å². The highest BCUT2D eigenvalue weighted by atomic mass is 16.5. The molecule has 0 bridgehead atoms. The van der Waals surface area contributed by atoms with Crippen LogP contribution in [0.5, 0.6) is 0 Å². The van der Waals surface area contributed by atoms with Crippen molar-refractivity contribution in [3.8, 4) is 5.82 Å². The van der Waals surface area contributed by atoms with Gasteiger partial charge >= 0.3 is 0 Å². The normalized spacial score (nSPS) is 16.0. The summed E-state index contributed by atoms with van der Waals surface area (Å²) in [5.41, 5.74) is 1.47. The highest BCUT2D eigenvalue weighted by Crippen LogP contribution is 2.43. The zero-order valence-corrected chi connectivity index (χ0v) is 16.3. The van der Waals surface area contributed by atoms with Gasteiger partial charge in [0.15, 0.2) is 5.96 Å². The molecular weight excluding hydrogens is 340 g/mol. The van der Waals surface area contributed by atoms with Crippen LogP contribution in [-0.2, 0) is 11.3 Å². The van der Waals surface area contributed by atoms with Gasteiger partial charge in [-0.25, -0.2) is 15.0 Å². The number of ether oxygens (including phenoxy) is 1. The van der Waals surface area contributed by atoms with E-state index >= 15 is 0 Å². The van der Waals surface area contributed by atoms with E-state index in [0.29, 0.717) is 12.0 Å². The van der Waals surface area contributed by atoms with E-state index in [2.05, 4.69) is 27.5 Å². The SMILES string of the molecule is CCNC(=NCc1ccnc(-n2ccnc2)c1)NCC1(CCOC)CCC1. The monoisotopic (exact) mass is 370 g/mol. The van der Waals surface area contributed by atoms with Gasteiger partial charge in [0.2, 0.25) is 0 Å². The van der Waals surface area contributed by atoms with Gasteiger partial charge in [0.05, 0.1) is 6.54 Å². The van der Waals surface area contributed by atoms with Crippen LogP contribution in [0.4, 0.5) is 0 Å². The van der Waals surface area contributed by atoms with Crippen molar-refractivity contribution in [3.05, 3.63) is 42.6 Å². The molecule has 0 unspecified atom stereocenters. The molecule has 0 saturated heterocycles. The van der Waals surface area contributed by atoms with Gasteiger partial charge in [0, 0.05) is 45.4 Å². The third-order valence-electron chi connectivity index (χ3n) is 5.22. The van der Waals surface area contributed by atoms with Crippen molar-refractivity contribution >= 4 is 5.96 Å². The lowest BCUT2D eigenvalue weighted by molar-refractivity contribution is 0.0732. The number of pyridine rings is 1. The fourth-order valence-electron chi connectivity index (χ4n) is 3.39. The summed E-state index contributed by atoms with van der Waals surface area (Å²) < 4.78 is 7.18. The molecule has 0 aliphatic heterocycles. The Kier molecular flexibility index (Phi) is 6.81. The lowest BCUT2D eigenvalue weighted by Crippen LogP contribution is -2.46. The largest absolute Gasteiger partial charge is 0.385 e. The molecule has 1 saturated carbocycles. The molecule has 2 heterocycles. The molecule has 0 radical (unpaired) electrons. The van der Waals surface area contributed by atoms with Crippen LogP contribution in [-0.4, -0.2) is 47.3 Å². The number of hydrogen-bond donors (Lipinski definition) is 2. The number of hydrogen-bond acceptors (Lipinski definition) is 4. The molecule has 1 aliphatic rings. The quantitative estimate of drug-likeness (QED) is 0.524. The Morgan fingerprint density at radius 2 is 2.22 bits per heavy atom. The van der Waals surface area contributed by atoms with E-state index in [4.69, 9.17) is 9.73 Å². The topological polar surface area (TPSA) is 76.4 Å². The number of imidazole rings is 1. The third kappa shape index (κ3) is 5.29. The Labute approximate surface area is 161 Å². The van der Waals surface area contributed by atoms with Crippen molar-refractivity contribution in [3.63, 3.8) is 0 Å². The van der Waals surface area contributed by atoms with Gasteiger partial charge in [-0.1, -0.05) is 6.42 Å². The Morgan fingerprint density at radius 1 is 1.33 bits per heavy atom. The van der Waals surface area contributed by atoms with Crippen LogP contribution in [0.15, 0.2) is 42.0 Å². The molecule has 7 heteroatoms. The number of methoxy groups -OCH3 is 1. The lowest BCUT2D eigenvalue weighted by atomic mass is 9.67. The molecule has 146 valence electrons. The Bertz CT molecular complexity index is 724. The third-order valence-corrected chi connectivity index (χ3v) is 5.22. The van der Waals surface area contributed by atoms with Crippen molar-refractivity contribution in [2.45, 2.75) is 39.2 Å². The van der Waals surface area contributed by atoms with Crippen LogP contribution in [0, 0.1) is 5.41 Å². The molecule has 0 amide bonds. The predicted octanol–water partition coefficient (Wildman–Crippen LogP) is 2.53. The summed E-state index contributed by atoms with van der Waals surface area (Å²) in [6.45, 7) is 5.30. The Morgan fingerprint density at radius 3 is 2.89 bits per heavy atom. The molecule has 27 heavy (non-hydrogen) atoms. The van der Waals surface area contributed by atoms with Crippen LogP contribution in [0.25, 0.3) is 5.82 Å². The number of aromatic nitrogens is 3. The van der Waals surface area contributed by atoms with Crippen LogP contribution in [0.3, 0.4) is 0 Å². The standard InChI is InChI=1S/C20H30N6O/c1-3-22-19(25-15-20(6-4-7-20)8-12-27-2)24-14-17-5-9-23-18(13-17)26-11-10-21-16-26/h5,9-11,13,16H,3-4,6-8,12,14-15H2,1-2H3,(H2,22,24,25). The predicted molar refractivity (Wildman–Crippen MR) is 107 cm³/mol. The van der Waals surface area contributed by atoms with Crippen LogP contribution >= 0.6 is 0 Å². The zero-order chi connectivity index (χ0) is 19.0. The van der Waals surface area contributed by atoms with Gasteiger partial charge in [-0.15, -0.1) is 0 Å². The molecule has 0 spiro atoms. The first-order chi connectivity index (χ1) is 13.2. The lowest BCUT2D eigenvalue weighted by Gasteiger charge is -2.42. The highest BCUT2D eigenvalue weighted by molar-refractivity contribution is 5.79. The summed E-state index contributed by atoms with van der Waals surface area (Å²) in [5.74, 6) is 1.72. The van der Waals surface area contributed by atoms with Gasteiger partial charge in [0.1, 0.15) is 12.1 Å². The van der Waals surface area contributed by atoms with Crippen molar-refractivity contribution in [2.75, 3.05) is 26.8 Å². The molecule has 2 aromatic rings. The molecule has 2 N–H and O–H groups in total. The van der Waals surface area contributed by atoms with Gasteiger partial charge in [-0.05, 0) is 49.3 Å². The minimum atomic E-state index is 0.359. The fraction of sp³-hybridized carbons (Fsp3) is 0.550. The molecule has 7 nitrogen and oxygen atoms in total. The Hall–Kier alpha value is -2.41. The zero-order valence-electron chi connectivity index (χ0n) is 16.3. The molecule has 3 rings (SSSR count). The summed E-state index contributed by atoms with van der Waals surface area (Å²) in [6, 6.07) is 4.04. The van der Waals surface area contributed by atoms with Gasteiger partial charge in [-0.3, -0.25) is 4.57 Å². The van der Waals surface area contributed by atoms with E-state index in [1.165, 1.54) is 19.3 Å². The minimum absolute atomic E-state index is 0.359. The number of nitrogens with one attached hydrogen (secondary N) is 2. The number of nitrogens with zero attached hydrogens (tertiary/aromatic N) is 4. The van der Waals surface area contributed by atoms with Gasteiger partial charge in [-0.2, -0.15) is 0 Å². The van der Waals surface area contributed by atoms with Crippen LogP contribution in [0.1, 0.15) is 38.2 Å². The van der Waals surface area contributed by atoms with Crippen molar-refractivity contribution in [1.82, 2.24) is 25.2 Å². The Balaban J connectivity index is 1.61. The van der Waals surface area contributed by atoms with E-state index in [9.17, 15) is 0 Å². The van der Waals surface area contributed by atoms with E-state index in [0.717, 1.165) is 43.5 Å². The molecule has 1 aliphatic carbocycles. The molecular formula is C20H30N6O. The molecule has 1 fully saturated rings. The average Bonchev–Trinajstić information content (AvgIpc) is 3.20. The van der Waals surface area contributed by atoms with E-state index in [1.807, 2.05) is 29.1 Å². The molecule has 0 atom stereocenters. The summed E-state index contributed by atoms with van der Waals surface area (Å²) >= 11 is 0. The van der Waals surface area contributed by atoms with E-state index < -0.39 is 0 Å². The van der Waals surface area contributed by atoms with Crippen LogP contribution < -0.4 is 10.6 Å². The smallest absolute Gasteiger partial charge is 0.191 e. The van der Waals surface area contributed by atoms with Crippen LogP contribution in [0.2, 0.25) is 0 Å². The summed E-state index contributed by atoms with van der Waals surface area (Å²) in [5, 5.41) is 6.89.